The zero-order chi connectivity index (χ0) is 13.5. The summed E-state index contributed by atoms with van der Waals surface area (Å²) < 4.78 is 0. The molecular weight excluding hydrogens is 277 g/mol. The van der Waals surface area contributed by atoms with Crippen molar-refractivity contribution in [1.29, 1.82) is 0 Å². The number of hydrogen-bond donors (Lipinski definition) is 1. The molecule has 98 valence electrons. The third-order valence-corrected chi connectivity index (χ3v) is 4.77. The maximum absolute atomic E-state index is 6.48. The van der Waals surface area contributed by atoms with Crippen molar-refractivity contribution in [3.8, 4) is 0 Å². The highest BCUT2D eigenvalue weighted by atomic mass is 35.5. The molecule has 1 aliphatic rings. The molecule has 2 aromatic carbocycles. The smallest absolute Gasteiger partial charge is 0.0595 e. The van der Waals surface area contributed by atoms with Crippen molar-refractivity contribution < 1.29 is 0 Å². The van der Waals surface area contributed by atoms with Crippen LogP contribution in [0.3, 0.4) is 0 Å². The Morgan fingerprint density at radius 1 is 0.947 bits per heavy atom. The van der Waals surface area contributed by atoms with E-state index in [0.29, 0.717) is 10.0 Å². The fraction of sp³-hybridized carbons (Fsp3) is 0.250. The molecule has 1 saturated carbocycles. The minimum absolute atomic E-state index is 0.0373. The van der Waals surface area contributed by atoms with Crippen LogP contribution in [0, 0.1) is 0 Å². The Kier molecular flexibility index (Phi) is 3.30. The molecule has 1 aliphatic carbocycles. The van der Waals surface area contributed by atoms with E-state index in [2.05, 4.69) is 24.3 Å². The molecule has 1 atom stereocenters. The molecular formula is C16H15Cl2N. The maximum atomic E-state index is 6.48. The van der Waals surface area contributed by atoms with Gasteiger partial charge in [-0.1, -0.05) is 59.6 Å². The topological polar surface area (TPSA) is 26.0 Å². The Morgan fingerprint density at radius 2 is 1.63 bits per heavy atom. The van der Waals surface area contributed by atoms with Gasteiger partial charge in [0.1, 0.15) is 0 Å². The summed E-state index contributed by atoms with van der Waals surface area (Å²) in [4.78, 5) is 0. The fourth-order valence-electron chi connectivity index (χ4n) is 2.71. The van der Waals surface area contributed by atoms with E-state index in [1.807, 2.05) is 24.3 Å². The molecule has 0 amide bonds. The normalized spacial score (nSPS) is 18.1. The van der Waals surface area contributed by atoms with Gasteiger partial charge in [-0.2, -0.15) is 0 Å². The fourth-order valence-corrected chi connectivity index (χ4v) is 3.02. The summed E-state index contributed by atoms with van der Waals surface area (Å²) >= 11 is 12.0. The van der Waals surface area contributed by atoms with Crippen molar-refractivity contribution in [1.82, 2.24) is 0 Å². The third kappa shape index (κ3) is 2.27. The summed E-state index contributed by atoms with van der Waals surface area (Å²) in [5.74, 6) is 0. The highest BCUT2D eigenvalue weighted by molar-refractivity contribution is 6.42. The lowest BCUT2D eigenvalue weighted by molar-refractivity contribution is 0.541. The highest BCUT2D eigenvalue weighted by Crippen LogP contribution is 2.55. The lowest BCUT2D eigenvalue weighted by Crippen LogP contribution is -2.26. The van der Waals surface area contributed by atoms with Gasteiger partial charge in [0.05, 0.1) is 10.0 Å². The monoisotopic (exact) mass is 291 g/mol. The minimum Gasteiger partial charge on any atom is -0.323 e. The van der Waals surface area contributed by atoms with Gasteiger partial charge in [0.2, 0.25) is 0 Å². The Morgan fingerprint density at radius 3 is 2.21 bits per heavy atom. The van der Waals surface area contributed by atoms with Gasteiger partial charge in [0.15, 0.2) is 0 Å². The first-order valence-electron chi connectivity index (χ1n) is 6.39. The first-order valence-corrected chi connectivity index (χ1v) is 7.15. The van der Waals surface area contributed by atoms with Crippen LogP contribution in [0.2, 0.25) is 10.0 Å². The molecule has 0 spiro atoms. The first kappa shape index (κ1) is 13.0. The van der Waals surface area contributed by atoms with E-state index < -0.39 is 0 Å². The van der Waals surface area contributed by atoms with Crippen molar-refractivity contribution in [2.45, 2.75) is 24.3 Å². The van der Waals surface area contributed by atoms with Crippen molar-refractivity contribution in [3.05, 3.63) is 69.7 Å². The summed E-state index contributed by atoms with van der Waals surface area (Å²) in [7, 11) is 0. The van der Waals surface area contributed by atoms with Gasteiger partial charge < -0.3 is 5.73 Å². The largest absolute Gasteiger partial charge is 0.323 e. The maximum Gasteiger partial charge on any atom is 0.0595 e. The van der Waals surface area contributed by atoms with Crippen molar-refractivity contribution in [2.75, 3.05) is 0 Å². The van der Waals surface area contributed by atoms with Gasteiger partial charge in [-0.15, -0.1) is 0 Å². The van der Waals surface area contributed by atoms with Crippen LogP contribution >= 0.6 is 23.2 Å². The number of nitrogens with two attached hydrogens (primary N) is 1. The van der Waals surface area contributed by atoms with Gasteiger partial charge in [-0.05, 0) is 36.1 Å². The van der Waals surface area contributed by atoms with Gasteiger partial charge in [-0.3, -0.25) is 0 Å². The first-order chi connectivity index (χ1) is 9.13. The molecule has 0 bridgehead atoms. The molecule has 0 saturated heterocycles. The Balaban J connectivity index is 1.96. The van der Waals surface area contributed by atoms with E-state index in [1.54, 1.807) is 0 Å². The number of hydrogen-bond acceptors (Lipinski definition) is 1. The van der Waals surface area contributed by atoms with Gasteiger partial charge >= 0.3 is 0 Å². The van der Waals surface area contributed by atoms with E-state index in [9.17, 15) is 0 Å². The Bertz CT molecular complexity index is 591. The molecule has 0 heterocycles. The standard InChI is InChI=1S/C16H15Cl2N/c17-13-7-6-11(10-14(13)18)15(19)16(8-9-16)12-4-2-1-3-5-12/h1-7,10,15H,8-9,19H2. The predicted molar refractivity (Wildman–Crippen MR) is 80.7 cm³/mol. The average molecular weight is 292 g/mol. The average Bonchev–Trinajstić information content (AvgIpc) is 3.24. The van der Waals surface area contributed by atoms with Crippen molar-refractivity contribution in [3.63, 3.8) is 0 Å². The zero-order valence-corrected chi connectivity index (χ0v) is 12.0. The molecule has 1 nitrogen and oxygen atoms in total. The summed E-state index contributed by atoms with van der Waals surface area (Å²) in [5, 5.41) is 1.14. The molecule has 2 N–H and O–H groups in total. The summed E-state index contributed by atoms with van der Waals surface area (Å²) in [6, 6.07) is 16.1. The molecule has 3 rings (SSSR count). The van der Waals surface area contributed by atoms with Crippen LogP contribution in [0.5, 0.6) is 0 Å². The van der Waals surface area contributed by atoms with E-state index in [-0.39, 0.29) is 11.5 Å². The molecule has 1 unspecified atom stereocenters. The van der Waals surface area contributed by atoms with Crippen LogP contribution in [0.4, 0.5) is 0 Å². The second-order valence-electron chi connectivity index (χ2n) is 5.17. The molecule has 0 aromatic heterocycles. The van der Waals surface area contributed by atoms with Crippen molar-refractivity contribution >= 4 is 23.2 Å². The van der Waals surface area contributed by atoms with E-state index in [4.69, 9.17) is 28.9 Å². The highest BCUT2D eigenvalue weighted by Gasteiger charge is 2.49. The van der Waals surface area contributed by atoms with Crippen LogP contribution in [-0.4, -0.2) is 0 Å². The van der Waals surface area contributed by atoms with Crippen LogP contribution < -0.4 is 5.73 Å². The predicted octanol–water partition coefficient (Wildman–Crippen LogP) is 4.73. The lowest BCUT2D eigenvalue weighted by Gasteiger charge is -2.24. The Hall–Kier alpha value is -1.02. The summed E-state index contributed by atoms with van der Waals surface area (Å²) in [6.45, 7) is 0. The summed E-state index contributed by atoms with van der Waals surface area (Å²) in [5.41, 5.74) is 8.92. The SMILES string of the molecule is NC(c1ccc(Cl)c(Cl)c1)C1(c2ccccc2)CC1. The van der Waals surface area contributed by atoms with Crippen LogP contribution in [0.15, 0.2) is 48.5 Å². The number of rotatable bonds is 3. The van der Waals surface area contributed by atoms with Gasteiger partial charge in [-0.25, -0.2) is 0 Å². The lowest BCUT2D eigenvalue weighted by atomic mass is 9.84. The molecule has 0 aliphatic heterocycles. The second kappa shape index (κ2) is 4.82. The van der Waals surface area contributed by atoms with E-state index in [1.165, 1.54) is 5.56 Å². The van der Waals surface area contributed by atoms with Gasteiger partial charge in [0.25, 0.3) is 0 Å². The van der Waals surface area contributed by atoms with Crippen LogP contribution in [-0.2, 0) is 5.41 Å². The number of halogens is 2. The molecule has 0 radical (unpaired) electrons. The van der Waals surface area contributed by atoms with E-state index >= 15 is 0 Å². The third-order valence-electron chi connectivity index (χ3n) is 4.04. The quantitative estimate of drug-likeness (QED) is 0.870. The second-order valence-corrected chi connectivity index (χ2v) is 5.99. The van der Waals surface area contributed by atoms with Crippen LogP contribution in [0.25, 0.3) is 0 Å². The van der Waals surface area contributed by atoms with Crippen molar-refractivity contribution in [2.24, 2.45) is 5.73 Å². The van der Waals surface area contributed by atoms with Crippen LogP contribution in [0.1, 0.15) is 30.0 Å². The molecule has 1 fully saturated rings. The zero-order valence-electron chi connectivity index (χ0n) is 10.4. The number of benzene rings is 2. The van der Waals surface area contributed by atoms with E-state index in [0.717, 1.165) is 18.4 Å². The molecule has 19 heavy (non-hydrogen) atoms. The van der Waals surface area contributed by atoms with Gasteiger partial charge in [0, 0.05) is 11.5 Å². The molecule has 3 heteroatoms. The summed E-state index contributed by atoms with van der Waals surface area (Å²) in [6.07, 6.45) is 2.25. The molecule has 2 aromatic rings. The Labute approximate surface area is 123 Å². The minimum atomic E-state index is -0.0373.